The number of rotatable bonds is 10. The van der Waals surface area contributed by atoms with Gasteiger partial charge in [0.2, 0.25) is 35.2 Å². The molecule has 0 N–H and O–H groups in total. The second-order valence-electron chi connectivity index (χ2n) is 12.2. The summed E-state index contributed by atoms with van der Waals surface area (Å²) < 4.78 is 61.4. The van der Waals surface area contributed by atoms with Crippen LogP contribution in [0.2, 0.25) is 0 Å². The lowest BCUT2D eigenvalue weighted by atomic mass is 9.83. The SMILES string of the molecule is C=CC(=O)N1CC[C@H](Oc2cc(O[C@@H](C)[C@@H]3C[C@@H](F)CN3C)nc(-c3noc(C(C)(C)c4c(F)cccc4F)n3)n2)C[C@H]1CC#N. The third-order valence-corrected chi connectivity index (χ3v) is 8.57. The molecule has 0 radical (unpaired) electrons. The van der Waals surface area contributed by atoms with E-state index in [0.717, 1.165) is 12.1 Å². The first kappa shape index (κ1) is 32.9. The van der Waals surface area contributed by atoms with Crippen LogP contribution in [0.4, 0.5) is 13.2 Å². The van der Waals surface area contributed by atoms with Crippen LogP contribution in [-0.4, -0.2) is 86.4 Å². The van der Waals surface area contributed by atoms with E-state index < -0.39 is 35.4 Å². The number of carbonyl (C=O) groups is 1. The number of nitrogens with zero attached hydrogens (tertiary/aromatic N) is 7. The molecule has 11 nitrogen and oxygen atoms in total. The Hall–Kier alpha value is -4.51. The number of alkyl halides is 1. The summed E-state index contributed by atoms with van der Waals surface area (Å²) >= 11 is 0. The fourth-order valence-electron chi connectivity index (χ4n) is 6.18. The van der Waals surface area contributed by atoms with E-state index in [0.29, 0.717) is 32.4 Å². The van der Waals surface area contributed by atoms with Gasteiger partial charge in [-0.05, 0) is 52.4 Å². The Morgan fingerprint density at radius 3 is 2.59 bits per heavy atom. The number of benzene rings is 1. The van der Waals surface area contributed by atoms with Crippen molar-refractivity contribution in [3.05, 3.63) is 60.0 Å². The number of hydrogen-bond acceptors (Lipinski definition) is 10. The highest BCUT2D eigenvalue weighted by molar-refractivity contribution is 5.87. The van der Waals surface area contributed by atoms with E-state index in [1.807, 2.05) is 18.9 Å². The molecule has 2 fully saturated rings. The largest absolute Gasteiger partial charge is 0.474 e. The van der Waals surface area contributed by atoms with Gasteiger partial charge in [-0.15, -0.1) is 0 Å². The zero-order valence-corrected chi connectivity index (χ0v) is 26.1. The van der Waals surface area contributed by atoms with E-state index in [-0.39, 0.29) is 59.3 Å². The Balaban J connectivity index is 1.46. The summed E-state index contributed by atoms with van der Waals surface area (Å²) in [6.07, 6.45) is 0.649. The zero-order chi connectivity index (χ0) is 33.2. The van der Waals surface area contributed by atoms with Gasteiger partial charge in [0, 0.05) is 43.6 Å². The van der Waals surface area contributed by atoms with Gasteiger partial charge in [0.05, 0.1) is 24.0 Å². The molecule has 5 atom stereocenters. The van der Waals surface area contributed by atoms with E-state index in [2.05, 4.69) is 32.8 Å². The van der Waals surface area contributed by atoms with Crippen LogP contribution in [0, 0.1) is 23.0 Å². The molecule has 244 valence electrons. The highest BCUT2D eigenvalue weighted by Crippen LogP contribution is 2.35. The van der Waals surface area contributed by atoms with Crippen LogP contribution in [0.25, 0.3) is 11.6 Å². The molecule has 0 spiro atoms. The van der Waals surface area contributed by atoms with Crippen LogP contribution < -0.4 is 9.47 Å². The topological polar surface area (TPSA) is 130 Å². The lowest BCUT2D eigenvalue weighted by Crippen LogP contribution is -2.48. The summed E-state index contributed by atoms with van der Waals surface area (Å²) in [5.74, 6) is -1.72. The van der Waals surface area contributed by atoms with Crippen molar-refractivity contribution in [3.8, 4) is 29.5 Å². The number of ether oxygens (including phenoxy) is 2. The van der Waals surface area contributed by atoms with Crippen molar-refractivity contribution in [2.24, 2.45) is 0 Å². The third-order valence-electron chi connectivity index (χ3n) is 8.57. The average Bonchev–Trinajstić information content (AvgIpc) is 3.64. The molecule has 0 bridgehead atoms. The van der Waals surface area contributed by atoms with E-state index in [9.17, 15) is 23.2 Å². The molecule has 4 heterocycles. The minimum atomic E-state index is -1.34. The first-order valence-electron chi connectivity index (χ1n) is 15.1. The Morgan fingerprint density at radius 1 is 1.22 bits per heavy atom. The van der Waals surface area contributed by atoms with Gasteiger partial charge >= 0.3 is 0 Å². The van der Waals surface area contributed by atoms with E-state index >= 15 is 0 Å². The Morgan fingerprint density at radius 2 is 1.93 bits per heavy atom. The van der Waals surface area contributed by atoms with E-state index in [4.69, 9.17) is 14.0 Å². The number of likely N-dealkylation sites (N-methyl/N-ethyl adjacent to an activating group) is 1. The molecule has 0 unspecified atom stereocenters. The van der Waals surface area contributed by atoms with Gasteiger partial charge in [0.25, 0.3) is 0 Å². The summed E-state index contributed by atoms with van der Waals surface area (Å²) in [6, 6.07) is 6.62. The number of piperidine rings is 1. The van der Waals surface area contributed by atoms with Gasteiger partial charge in [-0.2, -0.15) is 20.2 Å². The first-order valence-corrected chi connectivity index (χ1v) is 15.1. The van der Waals surface area contributed by atoms with Crippen molar-refractivity contribution in [3.63, 3.8) is 0 Å². The first-order chi connectivity index (χ1) is 21.9. The molecule has 3 aromatic rings. The third kappa shape index (κ3) is 6.84. The van der Waals surface area contributed by atoms with Crippen molar-refractivity contribution < 1.29 is 32.0 Å². The molecule has 14 heteroatoms. The van der Waals surface area contributed by atoms with Gasteiger partial charge in [0.1, 0.15) is 30.0 Å². The molecule has 2 aliphatic heterocycles. The van der Waals surface area contributed by atoms with E-state index in [1.54, 1.807) is 18.7 Å². The Bertz CT molecular complexity index is 1610. The summed E-state index contributed by atoms with van der Waals surface area (Å²) in [4.78, 5) is 29.2. The summed E-state index contributed by atoms with van der Waals surface area (Å²) in [6.45, 7) is 9.13. The van der Waals surface area contributed by atoms with Crippen LogP contribution in [0.3, 0.4) is 0 Å². The summed E-state index contributed by atoms with van der Waals surface area (Å²) in [5.41, 5.74) is -1.58. The van der Waals surface area contributed by atoms with Crippen molar-refractivity contribution in [1.29, 1.82) is 5.26 Å². The van der Waals surface area contributed by atoms with Crippen LogP contribution in [0.5, 0.6) is 11.8 Å². The minimum absolute atomic E-state index is 0.0319. The van der Waals surface area contributed by atoms with Gasteiger partial charge in [-0.25, -0.2) is 13.2 Å². The molecule has 2 aromatic heterocycles. The second kappa shape index (κ2) is 13.5. The molecular formula is C32H36F3N7O4. The fraction of sp³-hybridized carbons (Fsp3) is 0.500. The highest BCUT2D eigenvalue weighted by atomic mass is 19.1. The van der Waals surface area contributed by atoms with Gasteiger partial charge in [-0.1, -0.05) is 17.8 Å². The molecule has 2 aliphatic rings. The number of likely N-dealkylation sites (tertiary alicyclic amines) is 2. The fourth-order valence-corrected chi connectivity index (χ4v) is 6.18. The van der Waals surface area contributed by atoms with Crippen LogP contribution in [0.1, 0.15) is 57.9 Å². The van der Waals surface area contributed by atoms with Gasteiger partial charge in [-0.3, -0.25) is 9.69 Å². The Labute approximate surface area is 265 Å². The van der Waals surface area contributed by atoms with Crippen LogP contribution >= 0.6 is 0 Å². The average molecular weight is 640 g/mol. The van der Waals surface area contributed by atoms with E-state index in [1.165, 1.54) is 18.2 Å². The maximum atomic E-state index is 14.7. The van der Waals surface area contributed by atoms with Gasteiger partial charge in [0.15, 0.2) is 0 Å². The van der Waals surface area contributed by atoms with Crippen molar-refractivity contribution in [2.75, 3.05) is 20.1 Å². The highest BCUT2D eigenvalue weighted by Gasteiger charge is 2.37. The second-order valence-corrected chi connectivity index (χ2v) is 12.2. The lowest BCUT2D eigenvalue weighted by Gasteiger charge is -2.37. The normalized spacial score (nSPS) is 22.7. The monoisotopic (exact) mass is 639 g/mol. The van der Waals surface area contributed by atoms with Crippen LogP contribution in [-0.2, 0) is 10.2 Å². The molecule has 0 saturated carbocycles. The zero-order valence-electron chi connectivity index (χ0n) is 26.1. The standard InChI is InChI=1S/C32H36F3N7O4/c1-6-27(43)42-13-11-21(15-20(42)10-12-36)45-26-16-25(44-18(2)24-14-19(33)17-41(24)5)37-29(38-26)30-39-31(46-40-30)32(3,4)28-22(34)8-7-9-23(28)35/h6-9,16,18-21,24H,1,10-11,13-15,17H2,2-5H3/t18-,19+,20+,21-,24-/m0/s1. The molecule has 5 rings (SSSR count). The van der Waals surface area contributed by atoms with Crippen LogP contribution in [0.15, 0.2) is 41.4 Å². The number of halogens is 3. The van der Waals surface area contributed by atoms with Crippen molar-refractivity contribution in [2.45, 2.75) is 82.3 Å². The predicted octanol–water partition coefficient (Wildman–Crippen LogP) is 4.78. The molecular weight excluding hydrogens is 603 g/mol. The van der Waals surface area contributed by atoms with Crippen molar-refractivity contribution in [1.82, 2.24) is 29.9 Å². The summed E-state index contributed by atoms with van der Waals surface area (Å²) in [5, 5.41) is 13.4. The predicted molar refractivity (Wildman–Crippen MR) is 159 cm³/mol. The molecule has 1 aromatic carbocycles. The number of nitriles is 1. The van der Waals surface area contributed by atoms with Crippen molar-refractivity contribution >= 4 is 5.91 Å². The number of hydrogen-bond donors (Lipinski definition) is 0. The maximum Gasteiger partial charge on any atom is 0.246 e. The molecule has 1 amide bonds. The quantitative estimate of drug-likeness (QED) is 0.286. The number of aromatic nitrogens is 4. The molecule has 0 aliphatic carbocycles. The Kier molecular flexibility index (Phi) is 9.62. The smallest absolute Gasteiger partial charge is 0.246 e. The van der Waals surface area contributed by atoms with Gasteiger partial charge < -0.3 is 18.9 Å². The lowest BCUT2D eigenvalue weighted by molar-refractivity contribution is -0.130. The number of carbonyl (C=O) groups excluding carboxylic acids is 1. The molecule has 2 saturated heterocycles. The minimum Gasteiger partial charge on any atom is -0.474 e. The molecule has 46 heavy (non-hydrogen) atoms. The summed E-state index contributed by atoms with van der Waals surface area (Å²) in [7, 11) is 1.83. The number of amides is 1. The maximum absolute atomic E-state index is 14.7.